The fraction of sp³-hybridized carbons (Fsp3) is 0.500. The predicted molar refractivity (Wildman–Crippen MR) is 78.0 cm³/mol. The SMILES string of the molecule is CC(c1nc(-c2cccs2)no1)N1CCCC(C(=O)O)C1. The molecule has 0 aliphatic carbocycles. The van der Waals surface area contributed by atoms with Crippen molar-refractivity contribution in [3.8, 4) is 10.7 Å². The molecule has 3 heterocycles. The third-order valence-corrected chi connectivity index (χ3v) is 4.76. The number of likely N-dealkylation sites (tertiary alicyclic amines) is 1. The summed E-state index contributed by atoms with van der Waals surface area (Å²) in [7, 11) is 0. The first-order chi connectivity index (χ1) is 10.1. The van der Waals surface area contributed by atoms with E-state index in [1.807, 2.05) is 24.4 Å². The molecule has 7 heteroatoms. The number of carboxylic acid groups (broad SMARTS) is 1. The van der Waals surface area contributed by atoms with Gasteiger partial charge < -0.3 is 9.63 Å². The van der Waals surface area contributed by atoms with Crippen molar-refractivity contribution >= 4 is 17.3 Å². The van der Waals surface area contributed by atoms with Gasteiger partial charge in [0.25, 0.3) is 0 Å². The topological polar surface area (TPSA) is 79.5 Å². The molecule has 1 N–H and O–H groups in total. The number of carboxylic acids is 1. The van der Waals surface area contributed by atoms with Crippen LogP contribution in [0.4, 0.5) is 0 Å². The van der Waals surface area contributed by atoms with Crippen LogP contribution in [-0.2, 0) is 4.79 Å². The molecule has 0 radical (unpaired) electrons. The maximum absolute atomic E-state index is 11.1. The number of nitrogens with zero attached hydrogens (tertiary/aromatic N) is 3. The maximum atomic E-state index is 11.1. The maximum Gasteiger partial charge on any atom is 0.307 e. The summed E-state index contributed by atoms with van der Waals surface area (Å²) in [6.45, 7) is 3.38. The Hall–Kier alpha value is -1.73. The zero-order chi connectivity index (χ0) is 14.8. The minimum Gasteiger partial charge on any atom is -0.481 e. The molecule has 1 fully saturated rings. The Morgan fingerprint density at radius 3 is 3.19 bits per heavy atom. The third kappa shape index (κ3) is 2.98. The van der Waals surface area contributed by atoms with Gasteiger partial charge in [-0.1, -0.05) is 11.2 Å². The quantitative estimate of drug-likeness (QED) is 0.935. The summed E-state index contributed by atoms with van der Waals surface area (Å²) in [5.74, 6) is 0.112. The van der Waals surface area contributed by atoms with Gasteiger partial charge in [0, 0.05) is 6.54 Å². The normalized spacial score (nSPS) is 21.3. The number of thiophene rings is 1. The minimum absolute atomic E-state index is 0.0617. The summed E-state index contributed by atoms with van der Waals surface area (Å²) < 4.78 is 5.36. The van der Waals surface area contributed by atoms with Crippen molar-refractivity contribution in [3.05, 3.63) is 23.4 Å². The van der Waals surface area contributed by atoms with Crippen molar-refractivity contribution in [1.82, 2.24) is 15.0 Å². The average molecular weight is 307 g/mol. The van der Waals surface area contributed by atoms with Gasteiger partial charge in [0.1, 0.15) is 0 Å². The second kappa shape index (κ2) is 5.95. The van der Waals surface area contributed by atoms with E-state index in [9.17, 15) is 4.79 Å². The van der Waals surface area contributed by atoms with E-state index in [4.69, 9.17) is 9.63 Å². The van der Waals surface area contributed by atoms with Crippen LogP contribution in [0.2, 0.25) is 0 Å². The molecule has 0 aromatic carbocycles. The highest BCUT2D eigenvalue weighted by Gasteiger charge is 2.30. The van der Waals surface area contributed by atoms with Gasteiger partial charge in [-0.25, -0.2) is 0 Å². The van der Waals surface area contributed by atoms with Crippen LogP contribution >= 0.6 is 11.3 Å². The molecule has 2 atom stereocenters. The Balaban J connectivity index is 1.73. The molecule has 0 bridgehead atoms. The molecular weight excluding hydrogens is 290 g/mol. The second-order valence-corrected chi connectivity index (χ2v) is 6.23. The highest BCUT2D eigenvalue weighted by Crippen LogP contribution is 2.28. The molecule has 1 saturated heterocycles. The van der Waals surface area contributed by atoms with Crippen LogP contribution in [0, 0.1) is 5.92 Å². The monoisotopic (exact) mass is 307 g/mol. The predicted octanol–water partition coefficient (Wildman–Crippen LogP) is 2.66. The summed E-state index contributed by atoms with van der Waals surface area (Å²) in [6, 6.07) is 3.83. The number of hydrogen-bond acceptors (Lipinski definition) is 6. The third-order valence-electron chi connectivity index (χ3n) is 3.89. The molecule has 21 heavy (non-hydrogen) atoms. The molecule has 2 unspecified atom stereocenters. The molecule has 2 aromatic rings. The van der Waals surface area contributed by atoms with Gasteiger partial charge in [-0.3, -0.25) is 9.69 Å². The highest BCUT2D eigenvalue weighted by molar-refractivity contribution is 7.13. The number of hydrogen-bond donors (Lipinski definition) is 1. The van der Waals surface area contributed by atoms with E-state index in [2.05, 4.69) is 15.0 Å². The summed E-state index contributed by atoms with van der Waals surface area (Å²) in [5, 5.41) is 15.1. The Labute approximate surface area is 126 Å². The molecule has 1 aliphatic heterocycles. The molecule has 112 valence electrons. The van der Waals surface area contributed by atoms with Crippen LogP contribution in [0.5, 0.6) is 0 Å². The summed E-state index contributed by atoms with van der Waals surface area (Å²) in [6.07, 6.45) is 1.62. The van der Waals surface area contributed by atoms with Gasteiger partial charge in [0.2, 0.25) is 11.7 Å². The lowest BCUT2D eigenvalue weighted by Crippen LogP contribution is -2.40. The van der Waals surface area contributed by atoms with Crippen LogP contribution < -0.4 is 0 Å². The molecule has 3 rings (SSSR count). The van der Waals surface area contributed by atoms with Gasteiger partial charge in [0.15, 0.2) is 0 Å². The Morgan fingerprint density at radius 2 is 2.48 bits per heavy atom. The van der Waals surface area contributed by atoms with E-state index in [1.165, 1.54) is 0 Å². The molecule has 0 spiro atoms. The van der Waals surface area contributed by atoms with E-state index >= 15 is 0 Å². The number of aliphatic carboxylic acids is 1. The van der Waals surface area contributed by atoms with E-state index < -0.39 is 5.97 Å². The minimum atomic E-state index is -0.725. The highest BCUT2D eigenvalue weighted by atomic mass is 32.1. The Kier molecular flexibility index (Phi) is 4.03. The van der Waals surface area contributed by atoms with Crippen molar-refractivity contribution in [2.75, 3.05) is 13.1 Å². The lowest BCUT2D eigenvalue weighted by atomic mass is 9.97. The number of piperidine rings is 1. The largest absolute Gasteiger partial charge is 0.481 e. The molecule has 2 aromatic heterocycles. The van der Waals surface area contributed by atoms with Crippen molar-refractivity contribution in [3.63, 3.8) is 0 Å². The molecule has 6 nitrogen and oxygen atoms in total. The van der Waals surface area contributed by atoms with Crippen molar-refractivity contribution in [1.29, 1.82) is 0 Å². The standard InChI is InChI=1S/C14H17N3O3S/c1-9(17-6-2-4-10(8-17)14(18)19)13-15-12(16-20-13)11-5-3-7-21-11/h3,5,7,9-10H,2,4,6,8H2,1H3,(H,18,19). The molecular formula is C14H17N3O3S. The lowest BCUT2D eigenvalue weighted by molar-refractivity contribution is -0.144. The number of rotatable bonds is 4. The molecule has 0 amide bonds. The van der Waals surface area contributed by atoms with Crippen LogP contribution in [0.25, 0.3) is 10.7 Å². The van der Waals surface area contributed by atoms with E-state index in [0.717, 1.165) is 24.3 Å². The van der Waals surface area contributed by atoms with E-state index in [-0.39, 0.29) is 12.0 Å². The first-order valence-corrected chi connectivity index (χ1v) is 7.87. The van der Waals surface area contributed by atoms with E-state index in [1.54, 1.807) is 11.3 Å². The van der Waals surface area contributed by atoms with E-state index in [0.29, 0.717) is 18.3 Å². The van der Waals surface area contributed by atoms with Gasteiger partial charge in [0.05, 0.1) is 16.8 Å². The summed E-state index contributed by atoms with van der Waals surface area (Å²) in [4.78, 5) is 18.7. The first kappa shape index (κ1) is 14.2. The van der Waals surface area contributed by atoms with Crippen molar-refractivity contribution in [2.45, 2.75) is 25.8 Å². The van der Waals surface area contributed by atoms with Crippen LogP contribution in [-0.4, -0.2) is 39.2 Å². The van der Waals surface area contributed by atoms with Crippen molar-refractivity contribution < 1.29 is 14.4 Å². The molecule has 1 aliphatic rings. The fourth-order valence-corrected chi connectivity index (χ4v) is 3.28. The smallest absolute Gasteiger partial charge is 0.307 e. The van der Waals surface area contributed by atoms with Crippen LogP contribution in [0.15, 0.2) is 22.0 Å². The Bertz CT molecular complexity index is 611. The van der Waals surface area contributed by atoms with Gasteiger partial charge >= 0.3 is 5.97 Å². The zero-order valence-corrected chi connectivity index (χ0v) is 12.5. The van der Waals surface area contributed by atoms with Crippen LogP contribution in [0.1, 0.15) is 31.7 Å². The van der Waals surface area contributed by atoms with Crippen molar-refractivity contribution in [2.24, 2.45) is 5.92 Å². The van der Waals surface area contributed by atoms with Gasteiger partial charge in [-0.05, 0) is 37.8 Å². The lowest BCUT2D eigenvalue weighted by Gasteiger charge is -2.33. The zero-order valence-electron chi connectivity index (χ0n) is 11.7. The average Bonchev–Trinajstić information content (AvgIpc) is 3.17. The van der Waals surface area contributed by atoms with Gasteiger partial charge in [-0.15, -0.1) is 11.3 Å². The fourth-order valence-electron chi connectivity index (χ4n) is 2.63. The number of carbonyl (C=O) groups is 1. The van der Waals surface area contributed by atoms with Crippen LogP contribution in [0.3, 0.4) is 0 Å². The summed E-state index contributed by atoms with van der Waals surface area (Å²) >= 11 is 1.56. The summed E-state index contributed by atoms with van der Waals surface area (Å²) in [5.41, 5.74) is 0. The molecule has 0 saturated carbocycles. The Morgan fingerprint density at radius 1 is 1.62 bits per heavy atom. The van der Waals surface area contributed by atoms with Gasteiger partial charge in [-0.2, -0.15) is 4.98 Å². The number of aromatic nitrogens is 2. The second-order valence-electron chi connectivity index (χ2n) is 5.28. The first-order valence-electron chi connectivity index (χ1n) is 6.99.